The molecule has 0 aromatic heterocycles. The van der Waals surface area contributed by atoms with Gasteiger partial charge >= 0.3 is 0 Å². The van der Waals surface area contributed by atoms with E-state index in [1.54, 1.807) is 0 Å². The van der Waals surface area contributed by atoms with Crippen molar-refractivity contribution in [3.05, 3.63) is 57.7 Å². The fourth-order valence-corrected chi connectivity index (χ4v) is 2.76. The second kappa shape index (κ2) is 7.86. The van der Waals surface area contributed by atoms with Gasteiger partial charge in [0, 0.05) is 28.4 Å². The molecule has 2 aromatic rings. The molecule has 22 heavy (non-hydrogen) atoms. The lowest BCUT2D eigenvalue weighted by atomic mass is 10.1. The summed E-state index contributed by atoms with van der Waals surface area (Å²) in [6.07, 6.45) is 1.23. The first kappa shape index (κ1) is 17.1. The van der Waals surface area contributed by atoms with Gasteiger partial charge in [-0.2, -0.15) is 0 Å². The van der Waals surface area contributed by atoms with Gasteiger partial charge in [0.15, 0.2) is 0 Å². The van der Waals surface area contributed by atoms with Crippen LogP contribution in [0.5, 0.6) is 5.75 Å². The van der Waals surface area contributed by atoms with Gasteiger partial charge in [0.2, 0.25) is 0 Å². The van der Waals surface area contributed by atoms with E-state index in [0.29, 0.717) is 6.04 Å². The highest BCUT2D eigenvalue weighted by Crippen LogP contribution is 2.23. The molecule has 1 atom stereocenters. The van der Waals surface area contributed by atoms with E-state index in [2.05, 4.69) is 97.8 Å². The van der Waals surface area contributed by atoms with Gasteiger partial charge in [-0.05, 0) is 79.6 Å². The predicted molar refractivity (Wildman–Crippen MR) is 103 cm³/mol. The molecule has 2 nitrogen and oxygen atoms in total. The SMILES string of the molecule is CC(C)Oc1cccc(N(C)C(C)Cc2ccc(I)cc2)c1. The van der Waals surface area contributed by atoms with Crippen LogP contribution < -0.4 is 9.64 Å². The van der Waals surface area contributed by atoms with Gasteiger partial charge in [-0.1, -0.05) is 18.2 Å². The van der Waals surface area contributed by atoms with Crippen LogP contribution in [-0.2, 0) is 6.42 Å². The smallest absolute Gasteiger partial charge is 0.121 e. The highest BCUT2D eigenvalue weighted by molar-refractivity contribution is 14.1. The monoisotopic (exact) mass is 409 g/mol. The van der Waals surface area contributed by atoms with Crippen molar-refractivity contribution < 1.29 is 4.74 Å². The maximum atomic E-state index is 5.79. The number of hydrogen-bond donors (Lipinski definition) is 0. The zero-order valence-corrected chi connectivity index (χ0v) is 15.9. The molecule has 0 aliphatic rings. The highest BCUT2D eigenvalue weighted by Gasteiger charge is 2.12. The van der Waals surface area contributed by atoms with Crippen LogP contribution in [0.2, 0.25) is 0 Å². The van der Waals surface area contributed by atoms with Crippen LogP contribution in [0.15, 0.2) is 48.5 Å². The van der Waals surface area contributed by atoms with Crippen molar-refractivity contribution in [2.75, 3.05) is 11.9 Å². The van der Waals surface area contributed by atoms with Crippen molar-refractivity contribution >= 4 is 28.3 Å². The molecule has 0 aliphatic carbocycles. The van der Waals surface area contributed by atoms with Crippen LogP contribution in [0.25, 0.3) is 0 Å². The molecular weight excluding hydrogens is 385 g/mol. The van der Waals surface area contributed by atoms with Crippen LogP contribution in [0, 0.1) is 3.57 Å². The minimum Gasteiger partial charge on any atom is -0.491 e. The molecule has 0 saturated carbocycles. The Labute approximate surface area is 147 Å². The topological polar surface area (TPSA) is 12.5 Å². The minimum absolute atomic E-state index is 0.199. The summed E-state index contributed by atoms with van der Waals surface area (Å²) < 4.78 is 7.07. The first-order valence-electron chi connectivity index (χ1n) is 7.69. The fraction of sp³-hybridized carbons (Fsp3) is 0.368. The third-order valence-corrected chi connectivity index (χ3v) is 4.42. The summed E-state index contributed by atoms with van der Waals surface area (Å²) in [7, 11) is 2.14. The molecule has 0 saturated heterocycles. The number of nitrogens with zero attached hydrogens (tertiary/aromatic N) is 1. The van der Waals surface area contributed by atoms with E-state index in [1.165, 1.54) is 14.8 Å². The first-order chi connectivity index (χ1) is 10.5. The number of benzene rings is 2. The molecule has 1 unspecified atom stereocenters. The van der Waals surface area contributed by atoms with Crippen LogP contribution in [-0.4, -0.2) is 19.2 Å². The van der Waals surface area contributed by atoms with E-state index in [4.69, 9.17) is 4.74 Å². The standard InChI is InChI=1S/C19H24INO/c1-14(2)22-19-7-5-6-18(13-19)21(4)15(3)12-16-8-10-17(20)11-9-16/h5-11,13-15H,12H2,1-4H3. The van der Waals surface area contributed by atoms with Gasteiger partial charge in [-0.25, -0.2) is 0 Å². The van der Waals surface area contributed by atoms with Crippen molar-refractivity contribution in [2.24, 2.45) is 0 Å². The van der Waals surface area contributed by atoms with E-state index in [0.717, 1.165) is 12.2 Å². The van der Waals surface area contributed by atoms with Crippen molar-refractivity contribution in [1.82, 2.24) is 0 Å². The second-order valence-electron chi connectivity index (χ2n) is 5.95. The zero-order chi connectivity index (χ0) is 16.1. The molecule has 0 spiro atoms. The molecule has 0 radical (unpaired) electrons. The number of likely N-dealkylation sites (N-methyl/N-ethyl adjacent to an activating group) is 1. The van der Waals surface area contributed by atoms with Gasteiger partial charge < -0.3 is 9.64 Å². The molecule has 0 N–H and O–H groups in total. The molecule has 2 rings (SSSR count). The van der Waals surface area contributed by atoms with Gasteiger partial charge in [-0.3, -0.25) is 0 Å². The van der Waals surface area contributed by atoms with E-state index < -0.39 is 0 Å². The maximum absolute atomic E-state index is 5.79. The van der Waals surface area contributed by atoms with Crippen molar-refractivity contribution in [2.45, 2.75) is 39.3 Å². The quantitative estimate of drug-likeness (QED) is 0.613. The summed E-state index contributed by atoms with van der Waals surface area (Å²) in [5.74, 6) is 0.931. The lowest BCUT2D eigenvalue weighted by molar-refractivity contribution is 0.242. The van der Waals surface area contributed by atoms with E-state index >= 15 is 0 Å². The summed E-state index contributed by atoms with van der Waals surface area (Å²) in [4.78, 5) is 2.31. The molecular formula is C19H24INO. The van der Waals surface area contributed by atoms with E-state index in [1.807, 2.05) is 6.07 Å². The normalized spacial score (nSPS) is 12.3. The molecule has 2 aromatic carbocycles. The van der Waals surface area contributed by atoms with Crippen LogP contribution in [0.1, 0.15) is 26.3 Å². The molecule has 3 heteroatoms. The van der Waals surface area contributed by atoms with Crippen molar-refractivity contribution in [3.8, 4) is 5.75 Å². The number of rotatable bonds is 6. The molecule has 0 aliphatic heterocycles. The molecule has 0 amide bonds. The fourth-order valence-electron chi connectivity index (χ4n) is 2.40. The van der Waals surface area contributed by atoms with Crippen molar-refractivity contribution in [1.29, 1.82) is 0 Å². The Morgan fingerprint density at radius 3 is 2.36 bits per heavy atom. The number of halogens is 1. The Morgan fingerprint density at radius 2 is 1.73 bits per heavy atom. The third kappa shape index (κ3) is 4.90. The summed E-state index contributed by atoms with van der Waals surface area (Å²) in [6, 6.07) is 17.5. The average Bonchev–Trinajstić information content (AvgIpc) is 2.48. The average molecular weight is 409 g/mol. The Bertz CT molecular complexity index is 595. The molecule has 118 valence electrons. The van der Waals surface area contributed by atoms with Gasteiger partial charge in [0.05, 0.1) is 6.10 Å². The Morgan fingerprint density at radius 1 is 1.05 bits per heavy atom. The second-order valence-corrected chi connectivity index (χ2v) is 7.20. The third-order valence-electron chi connectivity index (χ3n) is 3.70. The summed E-state index contributed by atoms with van der Waals surface area (Å²) in [6.45, 7) is 6.36. The molecule has 0 heterocycles. The minimum atomic E-state index is 0.199. The van der Waals surface area contributed by atoms with Crippen molar-refractivity contribution in [3.63, 3.8) is 0 Å². The van der Waals surface area contributed by atoms with Crippen LogP contribution >= 0.6 is 22.6 Å². The van der Waals surface area contributed by atoms with E-state index in [9.17, 15) is 0 Å². The predicted octanol–water partition coefficient (Wildman–Crippen LogP) is 5.15. The Balaban J connectivity index is 2.06. The number of anilines is 1. The lowest BCUT2D eigenvalue weighted by Crippen LogP contribution is -2.30. The first-order valence-corrected chi connectivity index (χ1v) is 8.77. The lowest BCUT2D eigenvalue weighted by Gasteiger charge is -2.27. The Kier molecular flexibility index (Phi) is 6.12. The van der Waals surface area contributed by atoms with Crippen LogP contribution in [0.4, 0.5) is 5.69 Å². The largest absolute Gasteiger partial charge is 0.491 e. The highest BCUT2D eigenvalue weighted by atomic mass is 127. The molecule has 0 bridgehead atoms. The summed E-state index contributed by atoms with van der Waals surface area (Å²) >= 11 is 2.34. The van der Waals surface area contributed by atoms with E-state index in [-0.39, 0.29) is 6.10 Å². The zero-order valence-electron chi connectivity index (χ0n) is 13.7. The van der Waals surface area contributed by atoms with Crippen LogP contribution in [0.3, 0.4) is 0 Å². The molecule has 0 fully saturated rings. The number of hydrogen-bond acceptors (Lipinski definition) is 2. The Hall–Kier alpha value is -1.23. The summed E-state index contributed by atoms with van der Waals surface area (Å²) in [5.41, 5.74) is 2.56. The summed E-state index contributed by atoms with van der Waals surface area (Å²) in [5, 5.41) is 0. The number of ether oxygens (including phenoxy) is 1. The maximum Gasteiger partial charge on any atom is 0.121 e. The van der Waals surface area contributed by atoms with Gasteiger partial charge in [0.1, 0.15) is 5.75 Å². The van der Waals surface area contributed by atoms with Gasteiger partial charge in [0.25, 0.3) is 0 Å². The van der Waals surface area contributed by atoms with Gasteiger partial charge in [-0.15, -0.1) is 0 Å².